The van der Waals surface area contributed by atoms with Crippen LogP contribution in [0.25, 0.3) is 22.3 Å². The first kappa shape index (κ1) is 27.3. The molecule has 3 aromatic rings. The van der Waals surface area contributed by atoms with Gasteiger partial charge in [-0.2, -0.15) is 0 Å². The van der Waals surface area contributed by atoms with E-state index in [0.29, 0.717) is 28.7 Å². The van der Waals surface area contributed by atoms with Crippen molar-refractivity contribution in [2.24, 2.45) is 0 Å². The summed E-state index contributed by atoms with van der Waals surface area (Å²) in [7, 11) is 0. The number of aryl methyl sites for hydroxylation is 1. The number of benzene rings is 1. The van der Waals surface area contributed by atoms with E-state index < -0.39 is 48.2 Å². The van der Waals surface area contributed by atoms with Crippen molar-refractivity contribution < 1.29 is 49.3 Å². The van der Waals surface area contributed by atoms with E-state index >= 15 is 0 Å². The van der Waals surface area contributed by atoms with Gasteiger partial charge in [0.15, 0.2) is 11.7 Å². The molecule has 0 saturated carbocycles. The van der Waals surface area contributed by atoms with Crippen molar-refractivity contribution in [2.75, 3.05) is 0 Å². The third-order valence-corrected chi connectivity index (χ3v) is 8.20. The number of aliphatic carboxylic acids is 1. The molecule has 2 aromatic heterocycles. The molecule has 0 radical (unpaired) electrons. The lowest BCUT2D eigenvalue weighted by atomic mass is 9.86. The van der Waals surface area contributed by atoms with E-state index in [2.05, 4.69) is 0 Å². The third-order valence-electron chi connectivity index (χ3n) is 8.20. The van der Waals surface area contributed by atoms with E-state index in [1.54, 1.807) is 29.7 Å². The third kappa shape index (κ3) is 3.95. The first-order valence-electron chi connectivity index (χ1n) is 13.2. The maximum atomic E-state index is 13.5. The van der Waals surface area contributed by atoms with Gasteiger partial charge < -0.3 is 44.3 Å². The standard InChI is InChI=1S/C28H28N2O11/c1-3-12-13-7-11(40-26-22(33)20(31)21(32)23(41-26)25(35)36)5-6-17(13)29-19-14(12)9-30-18(19)8-16-15(24(30)34)10-39-27(37)28(16,38)4-2/h5-8,20-23,26,31-33,38H,3-4,9-10H2,1-2H3,(H,35,36)/t20-,21-,22+,23-,26+,28-/m0/s1/i5+1,6+1,7+1,11+1,13+1,17+1. The Morgan fingerprint density at radius 3 is 2.56 bits per heavy atom. The molecule has 0 aliphatic carbocycles. The van der Waals surface area contributed by atoms with E-state index in [-0.39, 0.29) is 42.0 Å². The molecule has 3 aliphatic rings. The second-order valence-electron chi connectivity index (χ2n) is 10.4. The van der Waals surface area contributed by atoms with Gasteiger partial charge in [0.25, 0.3) is 5.56 Å². The number of carbonyl (C=O) groups excluding carboxylic acids is 1. The Morgan fingerprint density at radius 1 is 1.12 bits per heavy atom. The van der Waals surface area contributed by atoms with E-state index in [1.807, 2.05) is 6.92 Å². The maximum Gasteiger partial charge on any atom is 0.343 e. The minimum absolute atomic E-state index is 0.0331. The Bertz CT molecular complexity index is 1670. The Balaban J connectivity index is 1.42. The summed E-state index contributed by atoms with van der Waals surface area (Å²) in [5.74, 6) is -2.13. The number of aromatic nitrogens is 2. The quantitative estimate of drug-likeness (QED) is 0.199. The number of rotatable bonds is 5. The van der Waals surface area contributed by atoms with Gasteiger partial charge in [-0.3, -0.25) is 4.79 Å². The summed E-state index contributed by atoms with van der Waals surface area (Å²) in [6, 6.07) is 6.47. The molecule has 5 heterocycles. The molecule has 0 amide bonds. The lowest BCUT2D eigenvalue weighted by Crippen LogP contribution is -2.61. The molecule has 1 fully saturated rings. The van der Waals surface area contributed by atoms with Crippen molar-refractivity contribution in [2.45, 2.75) is 76.1 Å². The lowest BCUT2D eigenvalue weighted by Gasteiger charge is -2.38. The van der Waals surface area contributed by atoms with Gasteiger partial charge in [-0.05, 0) is 42.7 Å². The first-order chi connectivity index (χ1) is 19.5. The van der Waals surface area contributed by atoms with Gasteiger partial charge in [-0.1, -0.05) is 13.8 Å². The number of cyclic esters (lactones) is 1. The Kier molecular flexibility index (Phi) is 6.39. The van der Waals surface area contributed by atoms with Crippen LogP contribution in [0.15, 0.2) is 29.1 Å². The summed E-state index contributed by atoms with van der Waals surface area (Å²) in [5, 5.41) is 51.5. The number of hydrogen-bond donors (Lipinski definition) is 5. The molecule has 13 heteroatoms. The Labute approximate surface area is 232 Å². The van der Waals surface area contributed by atoms with Crippen molar-refractivity contribution in [3.05, 3.63) is 56.9 Å². The molecule has 13 nitrogen and oxygen atoms in total. The summed E-state index contributed by atoms with van der Waals surface area (Å²) in [5.41, 5.74) is 1.37. The number of carboxylic acids is 1. The lowest BCUT2D eigenvalue weighted by molar-refractivity contribution is -0.271. The molecule has 5 N–H and O–H groups in total. The molecular weight excluding hydrogens is 546 g/mol. The summed E-state index contributed by atoms with van der Waals surface area (Å²) >= 11 is 0. The zero-order valence-corrected chi connectivity index (χ0v) is 22.1. The van der Waals surface area contributed by atoms with E-state index in [4.69, 9.17) is 19.2 Å². The number of nitrogens with zero attached hydrogens (tertiary/aromatic N) is 2. The number of pyridine rings is 2. The van der Waals surface area contributed by atoms with Gasteiger partial charge in [-0.15, -0.1) is 0 Å². The molecule has 1 saturated heterocycles. The summed E-state index contributed by atoms with van der Waals surface area (Å²) in [6.45, 7) is 3.55. The molecule has 0 bridgehead atoms. The number of ether oxygens (including phenoxy) is 3. The van der Waals surface area contributed by atoms with Gasteiger partial charge in [-0.25, -0.2) is 14.6 Å². The first-order valence-corrected chi connectivity index (χ1v) is 13.2. The molecule has 41 heavy (non-hydrogen) atoms. The van der Waals surface area contributed by atoms with Crippen LogP contribution < -0.4 is 10.3 Å². The van der Waals surface area contributed by atoms with Crippen LogP contribution in [0.1, 0.15) is 42.5 Å². The molecule has 216 valence electrons. The van der Waals surface area contributed by atoms with Crippen molar-refractivity contribution >= 4 is 22.8 Å². The number of hydrogen-bond acceptors (Lipinski definition) is 11. The van der Waals surface area contributed by atoms with Crippen LogP contribution in [0.3, 0.4) is 0 Å². The summed E-state index contributed by atoms with van der Waals surface area (Å²) < 4.78 is 17.6. The fourth-order valence-corrected chi connectivity index (χ4v) is 5.90. The number of aliphatic hydroxyl groups is 4. The summed E-state index contributed by atoms with van der Waals surface area (Å²) in [4.78, 5) is 42.2. The predicted octanol–water partition coefficient (Wildman–Crippen LogP) is -0.0870. The molecule has 0 unspecified atom stereocenters. The second kappa shape index (κ2) is 9.60. The van der Waals surface area contributed by atoms with Crippen LogP contribution in [-0.2, 0) is 44.2 Å². The van der Waals surface area contributed by atoms with Crippen molar-refractivity contribution in [1.29, 1.82) is 0 Å². The average molecular weight is 574 g/mol. The maximum absolute atomic E-state index is 13.5. The minimum atomic E-state index is -1.93. The largest absolute Gasteiger partial charge is 0.479 e. The van der Waals surface area contributed by atoms with Crippen LogP contribution in [0.5, 0.6) is 5.75 Å². The fraction of sp³-hybridized carbons (Fsp3) is 0.429. The van der Waals surface area contributed by atoms with Gasteiger partial charge in [0.1, 0.15) is 30.7 Å². The number of aliphatic hydroxyl groups excluding tert-OH is 3. The van der Waals surface area contributed by atoms with Gasteiger partial charge in [0.05, 0.1) is 29.0 Å². The minimum Gasteiger partial charge on any atom is -0.479 e. The second-order valence-corrected chi connectivity index (χ2v) is 10.4. The van der Waals surface area contributed by atoms with Gasteiger partial charge in [0, 0.05) is 16.5 Å². The van der Waals surface area contributed by atoms with E-state index in [1.165, 1.54) is 6.07 Å². The molecule has 1 aromatic carbocycles. The highest BCUT2D eigenvalue weighted by Crippen LogP contribution is 2.41. The SMILES string of the molecule is CCc1c2c(n[13c]3[13cH][13cH][13c](O[C@@H]4O[C@H](C(=O)O)[C@@H](O)[C@H](O)[C@H]4O)[13cH][13c]13)-c1cc3c(c(=O)n1C2)COC(=O)[C@]3(O)CC. The topological polar surface area (TPSA) is 198 Å². The zero-order valence-electron chi connectivity index (χ0n) is 22.1. The highest BCUT2D eigenvalue weighted by molar-refractivity contribution is 5.90. The number of carboxylic acid groups (broad SMARTS) is 1. The van der Waals surface area contributed by atoms with E-state index in [9.17, 15) is 39.9 Å². The average Bonchev–Trinajstić information content (AvgIpc) is 3.32. The van der Waals surface area contributed by atoms with Crippen LogP contribution in [0.4, 0.5) is 0 Å². The highest BCUT2D eigenvalue weighted by Gasteiger charge is 2.48. The molecule has 6 rings (SSSR count). The zero-order chi connectivity index (χ0) is 29.4. The molecule has 3 aliphatic heterocycles. The molecular formula is C28H28N2O11. The van der Waals surface area contributed by atoms with E-state index in [0.717, 1.165) is 11.1 Å². The van der Waals surface area contributed by atoms with Crippen LogP contribution in [0.2, 0.25) is 0 Å². The Morgan fingerprint density at radius 2 is 1.88 bits per heavy atom. The number of esters is 1. The van der Waals surface area contributed by atoms with Crippen LogP contribution in [-0.4, -0.2) is 77.7 Å². The Hall–Kier alpha value is -3.88. The normalized spacial score (nSPS) is 28.5. The molecule has 0 spiro atoms. The fourth-order valence-electron chi connectivity index (χ4n) is 5.90. The number of fused-ring (bicyclic) bond motifs is 5. The summed E-state index contributed by atoms with van der Waals surface area (Å²) in [6.07, 6.45) is -8.16. The van der Waals surface area contributed by atoms with Crippen LogP contribution in [0, 0.1) is 0 Å². The monoisotopic (exact) mass is 574 g/mol. The smallest absolute Gasteiger partial charge is 0.343 e. The van der Waals surface area contributed by atoms with Crippen molar-refractivity contribution in [3.63, 3.8) is 0 Å². The van der Waals surface area contributed by atoms with Gasteiger partial charge in [0.2, 0.25) is 6.29 Å². The van der Waals surface area contributed by atoms with Crippen LogP contribution >= 0.6 is 0 Å². The number of carbonyl (C=O) groups is 2. The van der Waals surface area contributed by atoms with Gasteiger partial charge >= 0.3 is 11.9 Å². The highest BCUT2D eigenvalue weighted by atomic mass is 16.7. The molecule has 6 atom stereocenters. The van der Waals surface area contributed by atoms with Crippen molar-refractivity contribution in [1.82, 2.24) is 9.55 Å². The predicted molar refractivity (Wildman–Crippen MR) is 139 cm³/mol. The van der Waals surface area contributed by atoms with Crippen molar-refractivity contribution in [3.8, 4) is 17.1 Å².